The summed E-state index contributed by atoms with van der Waals surface area (Å²) in [5.41, 5.74) is 6.65. The van der Waals surface area contributed by atoms with Gasteiger partial charge in [0.2, 0.25) is 0 Å². The molecule has 0 spiro atoms. The Bertz CT molecular complexity index is 1220. The number of anilines is 1. The molecule has 1 aliphatic heterocycles. The Morgan fingerprint density at radius 1 is 1.12 bits per heavy atom. The maximum Gasteiger partial charge on any atom is 0.341 e. The molecule has 0 radical (unpaired) electrons. The summed E-state index contributed by atoms with van der Waals surface area (Å²) in [5, 5.41) is 0. The highest BCUT2D eigenvalue weighted by Gasteiger charge is 2.25. The van der Waals surface area contributed by atoms with Crippen molar-refractivity contribution in [2.75, 3.05) is 25.2 Å². The fraction of sp³-hybridized carbons (Fsp3) is 0.208. The van der Waals surface area contributed by atoms with Gasteiger partial charge in [0.05, 0.1) is 48.3 Å². The number of thiazole rings is 1. The van der Waals surface area contributed by atoms with Crippen LogP contribution in [0.25, 0.3) is 10.4 Å². The molecule has 0 saturated carbocycles. The van der Waals surface area contributed by atoms with E-state index in [1.165, 1.54) is 18.2 Å². The molecule has 0 aliphatic carbocycles. The van der Waals surface area contributed by atoms with E-state index >= 15 is 0 Å². The van der Waals surface area contributed by atoms with Gasteiger partial charge in [-0.25, -0.2) is 9.78 Å². The van der Waals surface area contributed by atoms with Gasteiger partial charge in [-0.05, 0) is 23.3 Å². The van der Waals surface area contributed by atoms with Crippen LogP contribution in [0.1, 0.15) is 21.6 Å². The van der Waals surface area contributed by atoms with E-state index in [-0.39, 0.29) is 0 Å². The minimum Gasteiger partial charge on any atom is -0.489 e. The number of hydrogen-bond acceptors (Lipinski definition) is 7. The Balaban J connectivity index is 1.35. The molecule has 0 unspecified atom stereocenters. The van der Waals surface area contributed by atoms with E-state index in [9.17, 15) is 4.79 Å². The minimum absolute atomic E-state index is 0.393. The smallest absolute Gasteiger partial charge is 0.341 e. The Morgan fingerprint density at radius 3 is 2.78 bits per heavy atom. The normalized spacial score (nSPS) is 12.8. The summed E-state index contributed by atoms with van der Waals surface area (Å²) in [5.74, 6) is 0.186. The third kappa shape index (κ3) is 3.97. The van der Waals surface area contributed by atoms with Crippen LogP contribution in [0.3, 0.4) is 0 Å². The summed E-state index contributed by atoms with van der Waals surface area (Å²) < 4.78 is 12.9. The average Bonchev–Trinajstić information content (AvgIpc) is 3.52. The number of carbonyl (C=O) groups excluding carboxylic acids is 1. The molecule has 5 rings (SSSR count). The van der Waals surface area contributed by atoms with Crippen molar-refractivity contribution in [3.8, 4) is 16.2 Å². The number of benzene rings is 2. The zero-order valence-corrected chi connectivity index (χ0v) is 18.4. The topological polar surface area (TPSA) is 69.5 Å². The highest BCUT2D eigenvalue weighted by Crippen LogP contribution is 2.36. The van der Waals surface area contributed by atoms with Gasteiger partial charge in [-0.1, -0.05) is 30.3 Å². The van der Waals surface area contributed by atoms with E-state index in [2.05, 4.69) is 43.7 Å². The molecule has 4 aromatic rings. The van der Waals surface area contributed by atoms with Gasteiger partial charge in [-0.15, -0.1) is 11.3 Å². The number of esters is 1. The fourth-order valence-corrected chi connectivity index (χ4v) is 4.52. The van der Waals surface area contributed by atoms with Crippen LogP contribution in [0.4, 0.5) is 5.69 Å². The van der Waals surface area contributed by atoms with Gasteiger partial charge in [0, 0.05) is 18.9 Å². The van der Waals surface area contributed by atoms with Crippen molar-refractivity contribution in [1.29, 1.82) is 0 Å². The van der Waals surface area contributed by atoms with E-state index in [0.717, 1.165) is 29.3 Å². The second-order valence-corrected chi connectivity index (χ2v) is 8.38. The second kappa shape index (κ2) is 8.84. The molecule has 0 saturated heterocycles. The number of carbonyl (C=O) groups is 1. The van der Waals surface area contributed by atoms with E-state index in [0.29, 0.717) is 24.5 Å². The van der Waals surface area contributed by atoms with E-state index in [4.69, 9.17) is 9.47 Å². The Hall–Kier alpha value is -3.65. The van der Waals surface area contributed by atoms with Gasteiger partial charge >= 0.3 is 5.97 Å². The van der Waals surface area contributed by atoms with Crippen LogP contribution >= 0.6 is 11.3 Å². The molecular formula is C24H22N4O3S. The first-order valence-corrected chi connectivity index (χ1v) is 11.2. The number of ether oxygens (including phenoxy) is 2. The summed E-state index contributed by atoms with van der Waals surface area (Å²) in [6.45, 7) is 2.64. The van der Waals surface area contributed by atoms with Gasteiger partial charge in [-0.2, -0.15) is 0 Å². The summed E-state index contributed by atoms with van der Waals surface area (Å²) in [7, 11) is 1.38. The standard InChI is InChI=1S/C24H22N4O3S/c1-30-24(29)20-3-2-4-21-23(20)31-10-9-27(21)14-19-11-25-15-28(19)13-17-5-7-18(8-6-17)22-12-26-16-32-22/h2-8,11-12,15-16H,9-10,13-14H2,1H3. The number of nitrogens with zero attached hydrogens (tertiary/aromatic N) is 4. The highest BCUT2D eigenvalue weighted by atomic mass is 32.1. The molecule has 0 fully saturated rings. The van der Waals surface area contributed by atoms with Crippen molar-refractivity contribution in [2.45, 2.75) is 13.1 Å². The maximum absolute atomic E-state index is 12.1. The number of methoxy groups -OCH3 is 1. The van der Waals surface area contributed by atoms with Gasteiger partial charge in [-0.3, -0.25) is 4.98 Å². The van der Waals surface area contributed by atoms with Crippen molar-refractivity contribution in [2.24, 2.45) is 0 Å². The van der Waals surface area contributed by atoms with Crippen LogP contribution in [0.2, 0.25) is 0 Å². The molecule has 2 aromatic heterocycles. The van der Waals surface area contributed by atoms with E-state index < -0.39 is 5.97 Å². The van der Waals surface area contributed by atoms with Gasteiger partial charge in [0.25, 0.3) is 0 Å². The molecule has 8 heteroatoms. The van der Waals surface area contributed by atoms with Crippen molar-refractivity contribution in [3.05, 3.63) is 83.5 Å². The second-order valence-electron chi connectivity index (χ2n) is 7.49. The number of para-hydroxylation sites is 1. The van der Waals surface area contributed by atoms with E-state index in [1.54, 1.807) is 17.4 Å². The number of hydrogen-bond donors (Lipinski definition) is 0. The molecule has 2 aromatic carbocycles. The van der Waals surface area contributed by atoms with Crippen LogP contribution in [-0.4, -0.2) is 40.8 Å². The minimum atomic E-state index is -0.393. The fourth-order valence-electron chi connectivity index (χ4n) is 3.89. The largest absolute Gasteiger partial charge is 0.489 e. The molecule has 0 atom stereocenters. The molecule has 0 amide bonds. The number of rotatable bonds is 6. The molecular weight excluding hydrogens is 424 g/mol. The number of aromatic nitrogens is 3. The van der Waals surface area contributed by atoms with Crippen molar-refractivity contribution < 1.29 is 14.3 Å². The highest BCUT2D eigenvalue weighted by molar-refractivity contribution is 7.13. The molecule has 1 aliphatic rings. The predicted octanol–water partition coefficient (Wildman–Crippen LogP) is 4.24. The van der Waals surface area contributed by atoms with E-state index in [1.807, 2.05) is 36.4 Å². The molecule has 7 nitrogen and oxygen atoms in total. The predicted molar refractivity (Wildman–Crippen MR) is 123 cm³/mol. The lowest BCUT2D eigenvalue weighted by Gasteiger charge is -2.32. The van der Waals surface area contributed by atoms with Gasteiger partial charge in [0.15, 0.2) is 5.75 Å². The van der Waals surface area contributed by atoms with Crippen LogP contribution in [-0.2, 0) is 17.8 Å². The maximum atomic E-state index is 12.1. The van der Waals surface area contributed by atoms with Gasteiger partial charge < -0.3 is 18.9 Å². The van der Waals surface area contributed by atoms with Crippen LogP contribution in [0.5, 0.6) is 5.75 Å². The Morgan fingerprint density at radius 2 is 2.00 bits per heavy atom. The van der Waals surface area contributed by atoms with Gasteiger partial charge in [0.1, 0.15) is 12.2 Å². The van der Waals surface area contributed by atoms with Crippen LogP contribution in [0, 0.1) is 0 Å². The first-order chi connectivity index (χ1) is 15.7. The zero-order chi connectivity index (χ0) is 21.9. The third-order valence-corrected chi connectivity index (χ3v) is 6.35. The number of fused-ring (bicyclic) bond motifs is 1. The number of imidazole rings is 1. The quantitative estimate of drug-likeness (QED) is 0.413. The third-order valence-electron chi connectivity index (χ3n) is 5.52. The van der Waals surface area contributed by atoms with Crippen molar-refractivity contribution >= 4 is 23.0 Å². The van der Waals surface area contributed by atoms with Crippen molar-refractivity contribution in [1.82, 2.24) is 14.5 Å². The molecule has 0 bridgehead atoms. The monoisotopic (exact) mass is 446 g/mol. The summed E-state index contributed by atoms with van der Waals surface area (Å²) in [6.07, 6.45) is 5.64. The first-order valence-electron chi connectivity index (χ1n) is 10.3. The molecule has 32 heavy (non-hydrogen) atoms. The first kappa shape index (κ1) is 20.3. The van der Waals surface area contributed by atoms with Crippen LogP contribution in [0.15, 0.2) is 66.7 Å². The summed E-state index contributed by atoms with van der Waals surface area (Å²) in [4.78, 5) is 24.0. The molecule has 0 N–H and O–H groups in total. The lowest BCUT2D eigenvalue weighted by Crippen LogP contribution is -2.33. The SMILES string of the molecule is COC(=O)c1cccc2c1OCCN2Cc1cncn1Cc1ccc(-c2cncs2)cc1. The van der Waals surface area contributed by atoms with Crippen LogP contribution < -0.4 is 9.64 Å². The summed E-state index contributed by atoms with van der Waals surface area (Å²) in [6, 6.07) is 14.1. The van der Waals surface area contributed by atoms with Crippen molar-refractivity contribution in [3.63, 3.8) is 0 Å². The average molecular weight is 447 g/mol. The lowest BCUT2D eigenvalue weighted by molar-refractivity contribution is 0.0595. The Kier molecular flexibility index (Phi) is 5.60. The Labute approximate surface area is 189 Å². The summed E-state index contributed by atoms with van der Waals surface area (Å²) >= 11 is 1.64. The molecule has 162 valence electrons. The molecule has 3 heterocycles. The lowest BCUT2D eigenvalue weighted by atomic mass is 10.1. The zero-order valence-electron chi connectivity index (χ0n) is 17.6.